The summed E-state index contributed by atoms with van der Waals surface area (Å²) in [5.41, 5.74) is 0.529. The number of unbranched alkanes of at least 4 members (excludes halogenated alkanes) is 3. The maximum atomic E-state index is 11.3. The number of methoxy groups -OCH3 is 2. The van der Waals surface area contributed by atoms with E-state index in [0.29, 0.717) is 19.0 Å². The molecule has 0 aromatic heterocycles. The molecule has 5 heteroatoms. The van der Waals surface area contributed by atoms with Crippen LogP contribution in [0.2, 0.25) is 0 Å². The SMILES string of the molecule is COCOCCCCCCOc1ccc(C(=O)OC)cc1. The second-order valence-corrected chi connectivity index (χ2v) is 4.59. The van der Waals surface area contributed by atoms with Gasteiger partial charge in [-0.05, 0) is 43.5 Å². The standard InChI is InChI=1S/C16H24O5/c1-18-13-20-11-5-3-4-6-12-21-15-9-7-14(8-10-15)16(17)19-2/h7-10H,3-6,11-13H2,1-2H3. The summed E-state index contributed by atoms with van der Waals surface area (Å²) in [6.45, 7) is 1.78. The minimum Gasteiger partial charge on any atom is -0.494 e. The topological polar surface area (TPSA) is 54.0 Å². The van der Waals surface area contributed by atoms with Crippen LogP contribution in [0, 0.1) is 0 Å². The first-order valence-corrected chi connectivity index (χ1v) is 7.15. The lowest BCUT2D eigenvalue weighted by Crippen LogP contribution is -2.02. The number of rotatable bonds is 11. The maximum Gasteiger partial charge on any atom is 0.337 e. The molecular weight excluding hydrogens is 272 g/mol. The van der Waals surface area contributed by atoms with Gasteiger partial charge in [-0.2, -0.15) is 0 Å². The lowest BCUT2D eigenvalue weighted by Gasteiger charge is -2.07. The molecular formula is C16H24O5. The molecule has 0 amide bonds. The first-order chi connectivity index (χ1) is 10.3. The Balaban J connectivity index is 2.06. The Hall–Kier alpha value is -1.59. The first kappa shape index (κ1) is 17.5. The van der Waals surface area contributed by atoms with E-state index in [1.54, 1.807) is 31.4 Å². The van der Waals surface area contributed by atoms with Crippen molar-refractivity contribution in [1.82, 2.24) is 0 Å². The minimum absolute atomic E-state index is 0.336. The van der Waals surface area contributed by atoms with Crippen LogP contribution in [-0.4, -0.2) is 40.2 Å². The lowest BCUT2D eigenvalue weighted by atomic mass is 10.2. The Morgan fingerprint density at radius 3 is 2.24 bits per heavy atom. The monoisotopic (exact) mass is 296 g/mol. The highest BCUT2D eigenvalue weighted by Gasteiger charge is 2.04. The third-order valence-electron chi connectivity index (χ3n) is 2.93. The van der Waals surface area contributed by atoms with Crippen LogP contribution in [0.15, 0.2) is 24.3 Å². The number of benzene rings is 1. The highest BCUT2D eigenvalue weighted by molar-refractivity contribution is 5.89. The lowest BCUT2D eigenvalue weighted by molar-refractivity contribution is -0.0316. The third kappa shape index (κ3) is 7.68. The fraction of sp³-hybridized carbons (Fsp3) is 0.562. The molecule has 0 N–H and O–H groups in total. The summed E-state index contributed by atoms with van der Waals surface area (Å²) in [5.74, 6) is 0.434. The molecule has 0 spiro atoms. The van der Waals surface area contributed by atoms with Crippen LogP contribution in [0.1, 0.15) is 36.0 Å². The summed E-state index contributed by atoms with van der Waals surface area (Å²) in [4.78, 5) is 11.3. The Bertz CT molecular complexity index is 388. The molecule has 0 aliphatic heterocycles. The number of esters is 1. The molecule has 0 aliphatic carbocycles. The van der Waals surface area contributed by atoms with Crippen molar-refractivity contribution in [3.63, 3.8) is 0 Å². The Morgan fingerprint density at radius 1 is 0.952 bits per heavy atom. The maximum absolute atomic E-state index is 11.3. The van der Waals surface area contributed by atoms with Crippen molar-refractivity contribution in [1.29, 1.82) is 0 Å². The van der Waals surface area contributed by atoms with Gasteiger partial charge in [-0.15, -0.1) is 0 Å². The molecule has 0 fully saturated rings. The van der Waals surface area contributed by atoms with E-state index >= 15 is 0 Å². The van der Waals surface area contributed by atoms with Crippen molar-refractivity contribution in [2.75, 3.05) is 34.2 Å². The van der Waals surface area contributed by atoms with Gasteiger partial charge in [0.25, 0.3) is 0 Å². The van der Waals surface area contributed by atoms with E-state index in [9.17, 15) is 4.79 Å². The summed E-state index contributed by atoms with van der Waals surface area (Å²) in [6, 6.07) is 6.97. The van der Waals surface area contributed by atoms with Gasteiger partial charge >= 0.3 is 5.97 Å². The van der Waals surface area contributed by atoms with E-state index in [1.165, 1.54) is 7.11 Å². The number of carbonyl (C=O) groups is 1. The van der Waals surface area contributed by atoms with Gasteiger partial charge < -0.3 is 18.9 Å². The molecule has 0 heterocycles. The molecule has 118 valence electrons. The van der Waals surface area contributed by atoms with Crippen LogP contribution in [0.5, 0.6) is 5.75 Å². The third-order valence-corrected chi connectivity index (χ3v) is 2.93. The van der Waals surface area contributed by atoms with E-state index in [2.05, 4.69) is 4.74 Å². The summed E-state index contributed by atoms with van der Waals surface area (Å²) < 4.78 is 20.3. The van der Waals surface area contributed by atoms with Gasteiger partial charge in [-0.25, -0.2) is 4.79 Å². The van der Waals surface area contributed by atoms with Gasteiger partial charge in [0.15, 0.2) is 0 Å². The van der Waals surface area contributed by atoms with Gasteiger partial charge in [0.2, 0.25) is 0 Å². The molecule has 0 saturated heterocycles. The predicted octanol–water partition coefficient (Wildman–Crippen LogP) is 3.03. The second-order valence-electron chi connectivity index (χ2n) is 4.59. The Morgan fingerprint density at radius 2 is 1.62 bits per heavy atom. The molecule has 0 unspecified atom stereocenters. The van der Waals surface area contributed by atoms with Crippen molar-refractivity contribution in [3.05, 3.63) is 29.8 Å². The normalized spacial score (nSPS) is 10.4. The molecule has 1 aromatic carbocycles. The van der Waals surface area contributed by atoms with E-state index < -0.39 is 0 Å². The number of carbonyl (C=O) groups excluding carboxylic acids is 1. The van der Waals surface area contributed by atoms with Crippen LogP contribution >= 0.6 is 0 Å². The molecule has 0 saturated carbocycles. The molecule has 1 rings (SSSR count). The molecule has 5 nitrogen and oxygen atoms in total. The van der Waals surface area contributed by atoms with E-state index in [4.69, 9.17) is 14.2 Å². The van der Waals surface area contributed by atoms with E-state index in [-0.39, 0.29) is 5.97 Å². The zero-order valence-corrected chi connectivity index (χ0v) is 12.8. The zero-order chi connectivity index (χ0) is 15.3. The molecule has 0 bridgehead atoms. The van der Waals surface area contributed by atoms with Crippen LogP contribution in [0.3, 0.4) is 0 Å². The second kappa shape index (κ2) is 11.1. The highest BCUT2D eigenvalue weighted by atomic mass is 16.7. The average molecular weight is 296 g/mol. The van der Waals surface area contributed by atoms with Gasteiger partial charge in [-0.3, -0.25) is 0 Å². The van der Waals surface area contributed by atoms with Crippen LogP contribution in [0.4, 0.5) is 0 Å². The van der Waals surface area contributed by atoms with Gasteiger partial charge in [0.05, 0.1) is 19.3 Å². The van der Waals surface area contributed by atoms with Gasteiger partial charge in [-0.1, -0.05) is 6.42 Å². The van der Waals surface area contributed by atoms with Crippen molar-refractivity contribution >= 4 is 5.97 Å². The Kier molecular flexibility index (Phi) is 9.24. The van der Waals surface area contributed by atoms with Crippen molar-refractivity contribution in [2.24, 2.45) is 0 Å². The first-order valence-electron chi connectivity index (χ1n) is 7.15. The number of hydrogen-bond acceptors (Lipinski definition) is 5. The summed E-state index contributed by atoms with van der Waals surface area (Å²) in [7, 11) is 2.99. The molecule has 21 heavy (non-hydrogen) atoms. The van der Waals surface area contributed by atoms with Crippen molar-refractivity contribution in [2.45, 2.75) is 25.7 Å². The summed E-state index contributed by atoms with van der Waals surface area (Å²) in [6.07, 6.45) is 4.27. The molecule has 0 radical (unpaired) electrons. The fourth-order valence-electron chi connectivity index (χ4n) is 1.80. The minimum atomic E-state index is -0.336. The quantitative estimate of drug-likeness (QED) is 0.357. The molecule has 0 atom stereocenters. The van der Waals surface area contributed by atoms with Gasteiger partial charge in [0.1, 0.15) is 12.5 Å². The summed E-state index contributed by atoms with van der Waals surface area (Å²) >= 11 is 0. The summed E-state index contributed by atoms with van der Waals surface area (Å²) in [5, 5.41) is 0. The predicted molar refractivity (Wildman–Crippen MR) is 79.6 cm³/mol. The largest absolute Gasteiger partial charge is 0.494 e. The number of ether oxygens (including phenoxy) is 4. The van der Waals surface area contributed by atoms with Crippen LogP contribution in [-0.2, 0) is 14.2 Å². The molecule has 0 aliphatic rings. The molecule has 1 aromatic rings. The zero-order valence-electron chi connectivity index (χ0n) is 12.8. The smallest absolute Gasteiger partial charge is 0.337 e. The van der Waals surface area contributed by atoms with E-state index in [1.807, 2.05) is 0 Å². The van der Waals surface area contributed by atoms with Gasteiger partial charge in [0, 0.05) is 13.7 Å². The average Bonchev–Trinajstić information content (AvgIpc) is 2.53. The van der Waals surface area contributed by atoms with Crippen molar-refractivity contribution < 1.29 is 23.7 Å². The Labute approximate surface area is 126 Å². The van der Waals surface area contributed by atoms with Crippen LogP contribution < -0.4 is 4.74 Å². The fourth-order valence-corrected chi connectivity index (χ4v) is 1.80. The van der Waals surface area contributed by atoms with Crippen molar-refractivity contribution in [3.8, 4) is 5.75 Å². The van der Waals surface area contributed by atoms with E-state index in [0.717, 1.165) is 38.0 Å². The van der Waals surface area contributed by atoms with Crippen LogP contribution in [0.25, 0.3) is 0 Å². The highest BCUT2D eigenvalue weighted by Crippen LogP contribution is 2.13. The number of hydrogen-bond donors (Lipinski definition) is 0.